The summed E-state index contributed by atoms with van der Waals surface area (Å²) in [5.74, 6) is 0.865. The molecule has 0 spiro atoms. The Labute approximate surface area is 85.4 Å². The summed E-state index contributed by atoms with van der Waals surface area (Å²) in [6.45, 7) is 0. The summed E-state index contributed by atoms with van der Waals surface area (Å²) in [5, 5.41) is 8.77. The molecule has 1 aliphatic rings. The van der Waals surface area contributed by atoms with Crippen molar-refractivity contribution in [2.75, 3.05) is 0 Å². The zero-order valence-corrected chi connectivity index (χ0v) is 8.37. The van der Waals surface area contributed by atoms with Crippen LogP contribution in [0.1, 0.15) is 36.8 Å². The fourth-order valence-electron chi connectivity index (χ4n) is 2.32. The van der Waals surface area contributed by atoms with Crippen molar-refractivity contribution in [3.63, 3.8) is 0 Å². The van der Waals surface area contributed by atoms with Crippen molar-refractivity contribution >= 4 is 0 Å². The van der Waals surface area contributed by atoms with Gasteiger partial charge in [0.2, 0.25) is 0 Å². The molecule has 14 heavy (non-hydrogen) atoms. The molecular weight excluding hydrogens is 170 g/mol. The molecule has 0 aliphatic heterocycles. The predicted molar refractivity (Wildman–Crippen MR) is 56.8 cm³/mol. The molecule has 0 unspecified atom stereocenters. The van der Waals surface area contributed by atoms with Crippen LogP contribution < -0.4 is 0 Å². The van der Waals surface area contributed by atoms with E-state index >= 15 is 0 Å². The van der Waals surface area contributed by atoms with Crippen LogP contribution in [0.2, 0.25) is 0 Å². The fraction of sp³-hybridized carbons (Fsp3) is 0.462. The predicted octanol–water partition coefficient (Wildman–Crippen LogP) is 3.29. The van der Waals surface area contributed by atoms with Gasteiger partial charge in [0.15, 0.2) is 0 Å². The molecular formula is C13H15N. The summed E-state index contributed by atoms with van der Waals surface area (Å²) < 4.78 is 0. The van der Waals surface area contributed by atoms with Gasteiger partial charge in [-0.2, -0.15) is 5.26 Å². The molecule has 1 aliphatic carbocycles. The average molecular weight is 185 g/mol. The van der Waals surface area contributed by atoms with E-state index in [4.69, 9.17) is 5.26 Å². The third-order valence-corrected chi connectivity index (χ3v) is 3.06. The second-order valence-electron chi connectivity index (χ2n) is 4.17. The van der Waals surface area contributed by atoms with Gasteiger partial charge in [-0.25, -0.2) is 0 Å². The van der Waals surface area contributed by atoms with Gasteiger partial charge in [-0.05, 0) is 30.0 Å². The number of benzene rings is 1. The topological polar surface area (TPSA) is 23.8 Å². The maximum absolute atomic E-state index is 8.77. The van der Waals surface area contributed by atoms with Crippen LogP contribution in [0.4, 0.5) is 0 Å². The molecule has 1 aromatic carbocycles. The van der Waals surface area contributed by atoms with Gasteiger partial charge in [-0.3, -0.25) is 0 Å². The van der Waals surface area contributed by atoms with Gasteiger partial charge in [-0.1, -0.05) is 37.8 Å². The van der Waals surface area contributed by atoms with Crippen LogP contribution in [0.15, 0.2) is 24.3 Å². The van der Waals surface area contributed by atoms with Crippen LogP contribution in [0.25, 0.3) is 0 Å². The lowest BCUT2D eigenvalue weighted by Gasteiger charge is -2.08. The highest BCUT2D eigenvalue weighted by atomic mass is 14.2. The SMILES string of the molecule is N#Cc1cccc(CC2CCCC2)c1. The lowest BCUT2D eigenvalue weighted by atomic mass is 9.97. The normalized spacial score (nSPS) is 16.8. The van der Waals surface area contributed by atoms with Crippen molar-refractivity contribution in [2.45, 2.75) is 32.1 Å². The van der Waals surface area contributed by atoms with Crippen molar-refractivity contribution in [1.29, 1.82) is 5.26 Å². The Bertz CT molecular complexity index is 342. The molecule has 0 aromatic heterocycles. The third-order valence-electron chi connectivity index (χ3n) is 3.06. The Balaban J connectivity index is 2.05. The highest BCUT2D eigenvalue weighted by Gasteiger charge is 2.15. The summed E-state index contributed by atoms with van der Waals surface area (Å²) in [4.78, 5) is 0. The van der Waals surface area contributed by atoms with E-state index in [0.717, 1.165) is 17.9 Å². The lowest BCUT2D eigenvalue weighted by Crippen LogP contribution is -1.98. The first-order valence-corrected chi connectivity index (χ1v) is 5.37. The molecule has 0 bridgehead atoms. The first kappa shape index (κ1) is 9.27. The third kappa shape index (κ3) is 2.14. The minimum absolute atomic E-state index is 0.792. The van der Waals surface area contributed by atoms with Crippen LogP contribution >= 0.6 is 0 Å². The van der Waals surface area contributed by atoms with E-state index in [2.05, 4.69) is 12.1 Å². The first-order chi connectivity index (χ1) is 6.88. The molecule has 1 heteroatoms. The van der Waals surface area contributed by atoms with Crippen LogP contribution in [0.3, 0.4) is 0 Å². The van der Waals surface area contributed by atoms with Crippen LogP contribution in [-0.4, -0.2) is 0 Å². The molecule has 1 saturated carbocycles. The van der Waals surface area contributed by atoms with Gasteiger partial charge >= 0.3 is 0 Å². The maximum atomic E-state index is 8.77. The molecule has 0 heterocycles. The van der Waals surface area contributed by atoms with Gasteiger partial charge < -0.3 is 0 Å². The van der Waals surface area contributed by atoms with Crippen molar-refractivity contribution in [3.05, 3.63) is 35.4 Å². The van der Waals surface area contributed by atoms with E-state index in [0.29, 0.717) is 0 Å². The molecule has 2 rings (SSSR count). The minimum atomic E-state index is 0.792. The smallest absolute Gasteiger partial charge is 0.0991 e. The summed E-state index contributed by atoms with van der Waals surface area (Å²) in [5.41, 5.74) is 2.12. The number of hydrogen-bond acceptors (Lipinski definition) is 1. The number of nitriles is 1. The Morgan fingerprint density at radius 2 is 2.07 bits per heavy atom. The van der Waals surface area contributed by atoms with Crippen LogP contribution in [0, 0.1) is 17.2 Å². The van der Waals surface area contributed by atoms with Crippen molar-refractivity contribution < 1.29 is 0 Å². The molecule has 72 valence electrons. The molecule has 0 N–H and O–H groups in total. The monoisotopic (exact) mass is 185 g/mol. The first-order valence-electron chi connectivity index (χ1n) is 5.37. The summed E-state index contributed by atoms with van der Waals surface area (Å²) in [7, 11) is 0. The van der Waals surface area contributed by atoms with Crippen molar-refractivity contribution in [2.24, 2.45) is 5.92 Å². The van der Waals surface area contributed by atoms with Gasteiger partial charge in [0.25, 0.3) is 0 Å². The Morgan fingerprint density at radius 1 is 1.29 bits per heavy atom. The standard InChI is InChI=1S/C13H15N/c14-10-13-7-3-6-12(9-13)8-11-4-1-2-5-11/h3,6-7,9,11H,1-2,4-5,8H2. The zero-order valence-electron chi connectivity index (χ0n) is 8.37. The minimum Gasteiger partial charge on any atom is -0.192 e. The zero-order chi connectivity index (χ0) is 9.80. The summed E-state index contributed by atoms with van der Waals surface area (Å²) in [6, 6.07) is 10.2. The molecule has 1 fully saturated rings. The van der Waals surface area contributed by atoms with E-state index < -0.39 is 0 Å². The van der Waals surface area contributed by atoms with Gasteiger partial charge in [-0.15, -0.1) is 0 Å². The Kier molecular flexibility index (Phi) is 2.84. The molecule has 1 nitrogen and oxygen atoms in total. The fourth-order valence-corrected chi connectivity index (χ4v) is 2.32. The van der Waals surface area contributed by atoms with E-state index in [9.17, 15) is 0 Å². The van der Waals surface area contributed by atoms with Crippen molar-refractivity contribution in [1.82, 2.24) is 0 Å². The number of rotatable bonds is 2. The molecule has 0 atom stereocenters. The molecule has 0 amide bonds. The van der Waals surface area contributed by atoms with Gasteiger partial charge in [0.05, 0.1) is 11.6 Å². The van der Waals surface area contributed by atoms with E-state index in [1.165, 1.54) is 31.2 Å². The van der Waals surface area contributed by atoms with E-state index in [1.54, 1.807) is 0 Å². The lowest BCUT2D eigenvalue weighted by molar-refractivity contribution is 0.546. The highest BCUT2D eigenvalue weighted by Crippen LogP contribution is 2.28. The largest absolute Gasteiger partial charge is 0.192 e. The van der Waals surface area contributed by atoms with Gasteiger partial charge in [0, 0.05) is 0 Å². The summed E-state index contributed by atoms with van der Waals surface area (Å²) in [6.07, 6.45) is 6.69. The highest BCUT2D eigenvalue weighted by molar-refractivity contribution is 5.32. The Hall–Kier alpha value is -1.29. The van der Waals surface area contributed by atoms with Crippen LogP contribution in [0.5, 0.6) is 0 Å². The van der Waals surface area contributed by atoms with Crippen molar-refractivity contribution in [3.8, 4) is 6.07 Å². The number of nitrogens with zero attached hydrogens (tertiary/aromatic N) is 1. The van der Waals surface area contributed by atoms with E-state index in [-0.39, 0.29) is 0 Å². The summed E-state index contributed by atoms with van der Waals surface area (Å²) >= 11 is 0. The maximum Gasteiger partial charge on any atom is 0.0991 e. The quantitative estimate of drug-likeness (QED) is 0.693. The van der Waals surface area contributed by atoms with Gasteiger partial charge in [0.1, 0.15) is 0 Å². The Morgan fingerprint density at radius 3 is 2.79 bits per heavy atom. The average Bonchev–Trinajstić information content (AvgIpc) is 2.71. The van der Waals surface area contributed by atoms with Crippen LogP contribution in [-0.2, 0) is 6.42 Å². The molecule has 0 saturated heterocycles. The molecule has 1 aromatic rings. The second kappa shape index (κ2) is 4.28. The van der Waals surface area contributed by atoms with E-state index in [1.807, 2.05) is 18.2 Å². The number of hydrogen-bond donors (Lipinski definition) is 0. The second-order valence-corrected chi connectivity index (χ2v) is 4.17. The molecule has 0 radical (unpaired) electrons.